The Morgan fingerprint density at radius 1 is 0.615 bits per heavy atom. The van der Waals surface area contributed by atoms with Crippen LogP contribution in [0.2, 0.25) is 19.1 Å². The van der Waals surface area contributed by atoms with Gasteiger partial charge in [-0.25, -0.2) is 9.79 Å². The number of hydrogen-bond acceptors (Lipinski definition) is 2. The van der Waals surface area contributed by atoms with Crippen LogP contribution in [-0.4, -0.2) is 20.0 Å². The summed E-state index contributed by atoms with van der Waals surface area (Å²) in [6.07, 6.45) is 24.8. The number of halogens is 1. The first-order valence-electron chi connectivity index (χ1n) is 11.3. The molecular formula is C22H44ClNOSi. The summed E-state index contributed by atoms with van der Waals surface area (Å²) in [6, 6.07) is 1.28. The zero-order valence-electron chi connectivity index (χ0n) is 17.7. The Labute approximate surface area is 169 Å². The van der Waals surface area contributed by atoms with Crippen molar-refractivity contribution in [2.75, 3.05) is 6.54 Å². The highest BCUT2D eigenvalue weighted by Gasteiger charge is 2.15. The molecule has 0 aliphatic carbocycles. The summed E-state index contributed by atoms with van der Waals surface area (Å²) in [5.41, 5.74) is 0. The molecule has 0 aromatic heterocycles. The van der Waals surface area contributed by atoms with Gasteiger partial charge >= 0.3 is 0 Å². The van der Waals surface area contributed by atoms with E-state index in [1.165, 1.54) is 109 Å². The molecule has 0 saturated heterocycles. The van der Waals surface area contributed by atoms with E-state index in [4.69, 9.17) is 11.1 Å². The van der Waals surface area contributed by atoms with Gasteiger partial charge in [0.2, 0.25) is 6.08 Å². The van der Waals surface area contributed by atoms with E-state index in [0.29, 0.717) is 6.54 Å². The first-order valence-corrected chi connectivity index (χ1v) is 15.5. The molecule has 0 heterocycles. The van der Waals surface area contributed by atoms with Gasteiger partial charge in [-0.15, -0.1) is 0 Å². The van der Waals surface area contributed by atoms with Gasteiger partial charge in [0, 0.05) is 0 Å². The molecule has 0 spiro atoms. The van der Waals surface area contributed by atoms with Crippen LogP contribution in [0.3, 0.4) is 0 Å². The van der Waals surface area contributed by atoms with Gasteiger partial charge in [0.1, 0.15) is 7.38 Å². The zero-order valence-corrected chi connectivity index (χ0v) is 19.4. The van der Waals surface area contributed by atoms with Gasteiger partial charge in [0.25, 0.3) is 0 Å². The molecule has 0 fully saturated rings. The maximum Gasteiger partial charge on any atom is 0.234 e. The lowest BCUT2D eigenvalue weighted by Gasteiger charge is -2.11. The standard InChI is InChI=1S/C22H44ClNOSi/c1-26(2,23)21-19-17-15-13-11-9-7-5-3-4-6-8-10-12-14-16-18-20-24-22-25/h3-21H2,1-2H3. The van der Waals surface area contributed by atoms with Crippen LogP contribution in [0.15, 0.2) is 4.99 Å². The van der Waals surface area contributed by atoms with Crippen LogP contribution in [0, 0.1) is 0 Å². The van der Waals surface area contributed by atoms with Crippen molar-refractivity contribution < 1.29 is 4.79 Å². The fraction of sp³-hybridized carbons (Fsp3) is 0.955. The SMILES string of the molecule is C[Si](C)(Cl)CCCCCCCCCCCCCCCCCCCN=C=O. The third-order valence-corrected chi connectivity index (χ3v) is 7.22. The van der Waals surface area contributed by atoms with Gasteiger partial charge in [-0.05, 0) is 12.5 Å². The maximum absolute atomic E-state index is 9.92. The summed E-state index contributed by atoms with van der Waals surface area (Å²) in [5.74, 6) is 0. The molecule has 0 unspecified atom stereocenters. The molecule has 0 amide bonds. The van der Waals surface area contributed by atoms with Crippen LogP contribution in [0.1, 0.15) is 109 Å². The average Bonchev–Trinajstić information content (AvgIpc) is 2.59. The molecule has 0 aromatic rings. The number of aliphatic imine (C=N–C) groups is 1. The van der Waals surface area contributed by atoms with Crippen molar-refractivity contribution in [3.05, 3.63) is 0 Å². The van der Waals surface area contributed by atoms with E-state index in [1.807, 2.05) is 0 Å². The second kappa shape index (κ2) is 19.6. The van der Waals surface area contributed by atoms with Crippen LogP contribution >= 0.6 is 11.1 Å². The van der Waals surface area contributed by atoms with E-state index >= 15 is 0 Å². The second-order valence-corrected chi connectivity index (χ2v) is 15.5. The number of rotatable bonds is 20. The van der Waals surface area contributed by atoms with Crippen molar-refractivity contribution in [1.82, 2.24) is 0 Å². The van der Waals surface area contributed by atoms with Crippen molar-refractivity contribution in [2.45, 2.75) is 128 Å². The van der Waals surface area contributed by atoms with Crippen LogP contribution in [0.4, 0.5) is 0 Å². The van der Waals surface area contributed by atoms with Crippen LogP contribution in [0.5, 0.6) is 0 Å². The van der Waals surface area contributed by atoms with E-state index in [-0.39, 0.29) is 0 Å². The molecule has 0 rings (SSSR count). The van der Waals surface area contributed by atoms with Crippen molar-refractivity contribution in [3.8, 4) is 0 Å². The van der Waals surface area contributed by atoms with Crippen LogP contribution in [-0.2, 0) is 4.79 Å². The number of hydrogen-bond donors (Lipinski definition) is 0. The molecule has 2 nitrogen and oxygen atoms in total. The fourth-order valence-corrected chi connectivity index (χ4v) is 4.93. The second-order valence-electron chi connectivity index (χ2n) is 8.45. The normalized spacial score (nSPS) is 11.5. The lowest BCUT2D eigenvalue weighted by atomic mass is 10.0. The van der Waals surface area contributed by atoms with Gasteiger partial charge in [-0.2, -0.15) is 11.1 Å². The van der Waals surface area contributed by atoms with Gasteiger partial charge < -0.3 is 0 Å². The maximum atomic E-state index is 9.92. The molecule has 4 heteroatoms. The van der Waals surface area contributed by atoms with E-state index in [0.717, 1.165) is 6.42 Å². The quantitative estimate of drug-likeness (QED) is 0.0661. The van der Waals surface area contributed by atoms with Crippen LogP contribution in [0.25, 0.3) is 0 Å². The van der Waals surface area contributed by atoms with Crippen molar-refractivity contribution in [1.29, 1.82) is 0 Å². The Bertz CT molecular complexity index is 338. The molecule has 154 valence electrons. The summed E-state index contributed by atoms with van der Waals surface area (Å²) in [5, 5.41) is 0. The average molecular weight is 402 g/mol. The largest absolute Gasteiger partial charge is 0.234 e. The highest BCUT2D eigenvalue weighted by Crippen LogP contribution is 2.19. The zero-order chi connectivity index (χ0) is 19.3. The Kier molecular flexibility index (Phi) is 19.6. The monoisotopic (exact) mass is 401 g/mol. The molecule has 0 aliphatic heterocycles. The predicted molar refractivity (Wildman–Crippen MR) is 120 cm³/mol. The highest BCUT2D eigenvalue weighted by molar-refractivity contribution is 7.19. The smallest absolute Gasteiger partial charge is 0.211 e. The Hall–Kier alpha value is -0.113. The molecule has 0 aromatic carbocycles. The third-order valence-electron chi connectivity index (χ3n) is 5.11. The minimum Gasteiger partial charge on any atom is -0.211 e. The number of carbonyl (C=O) groups excluding carboxylic acids is 1. The minimum atomic E-state index is -1.31. The summed E-state index contributed by atoms with van der Waals surface area (Å²) < 4.78 is 0. The number of isocyanates is 1. The molecule has 0 saturated carbocycles. The van der Waals surface area contributed by atoms with Gasteiger partial charge in [-0.3, -0.25) is 0 Å². The van der Waals surface area contributed by atoms with E-state index < -0.39 is 7.38 Å². The molecular weight excluding hydrogens is 358 g/mol. The minimum absolute atomic E-state index is 0.664. The summed E-state index contributed by atoms with van der Waals surface area (Å²) >= 11 is 6.34. The number of nitrogens with zero attached hydrogens (tertiary/aromatic N) is 1. The van der Waals surface area contributed by atoms with Crippen molar-refractivity contribution in [2.24, 2.45) is 4.99 Å². The first-order chi connectivity index (χ1) is 12.6. The predicted octanol–water partition coefficient (Wildman–Crippen LogP) is 8.40. The van der Waals surface area contributed by atoms with E-state index in [1.54, 1.807) is 6.08 Å². The molecule has 0 aliphatic rings. The van der Waals surface area contributed by atoms with E-state index in [9.17, 15) is 4.79 Å². The third kappa shape index (κ3) is 23.9. The summed E-state index contributed by atoms with van der Waals surface area (Å²) in [4.78, 5) is 13.5. The molecule has 0 bridgehead atoms. The first kappa shape index (κ1) is 25.9. The van der Waals surface area contributed by atoms with Crippen LogP contribution < -0.4 is 0 Å². The fourth-order valence-electron chi connectivity index (χ4n) is 3.43. The lowest BCUT2D eigenvalue weighted by Crippen LogP contribution is -2.14. The number of unbranched alkanes of at least 4 members (excludes halogenated alkanes) is 16. The topological polar surface area (TPSA) is 29.4 Å². The molecule has 0 radical (unpaired) electrons. The van der Waals surface area contributed by atoms with Crippen molar-refractivity contribution >= 4 is 24.5 Å². The Morgan fingerprint density at radius 3 is 1.23 bits per heavy atom. The van der Waals surface area contributed by atoms with E-state index in [2.05, 4.69) is 18.1 Å². The lowest BCUT2D eigenvalue weighted by molar-refractivity contribution is 0.527. The molecule has 26 heavy (non-hydrogen) atoms. The van der Waals surface area contributed by atoms with Gasteiger partial charge in [0.15, 0.2) is 0 Å². The Balaban J connectivity index is 3.04. The van der Waals surface area contributed by atoms with Gasteiger partial charge in [-0.1, -0.05) is 116 Å². The summed E-state index contributed by atoms with van der Waals surface area (Å²) in [7, 11) is -1.31. The Morgan fingerprint density at radius 2 is 0.923 bits per heavy atom. The molecule has 0 atom stereocenters. The highest BCUT2D eigenvalue weighted by atomic mass is 35.6. The van der Waals surface area contributed by atoms with Crippen molar-refractivity contribution in [3.63, 3.8) is 0 Å². The molecule has 0 N–H and O–H groups in total. The van der Waals surface area contributed by atoms with Gasteiger partial charge in [0.05, 0.1) is 6.54 Å². The summed E-state index contributed by atoms with van der Waals surface area (Å²) in [6.45, 7) is 5.17.